The summed E-state index contributed by atoms with van der Waals surface area (Å²) in [5, 5.41) is 13.3. The van der Waals surface area contributed by atoms with Gasteiger partial charge in [-0.1, -0.05) is 126 Å². The average molecular weight is 576 g/mol. The van der Waals surface area contributed by atoms with Gasteiger partial charge in [0, 0.05) is 11.0 Å². The maximum absolute atomic E-state index is 4.14. The SMILES string of the molecule is CCC(C)CC1(CC(C)CC)c2cc(CCCc3ccc(-c4ccnnn4)cc3)ccc2-c2ccc([Si](C)(C)C)cc21. The molecule has 0 spiro atoms. The highest BCUT2D eigenvalue weighted by Crippen LogP contribution is 2.55. The number of aryl methyl sites for hydroxylation is 2. The Bertz CT molecular complexity index is 1480. The molecule has 0 saturated carbocycles. The number of aromatic nitrogens is 3. The largest absolute Gasteiger partial charge is 0.139 e. The molecular formula is C38H49N3Si. The second kappa shape index (κ2) is 12.6. The minimum Gasteiger partial charge on any atom is -0.139 e. The van der Waals surface area contributed by atoms with Gasteiger partial charge in [0.05, 0.1) is 20.0 Å². The van der Waals surface area contributed by atoms with Crippen molar-refractivity contribution in [1.82, 2.24) is 15.4 Å². The number of hydrogen-bond acceptors (Lipinski definition) is 3. The van der Waals surface area contributed by atoms with E-state index >= 15 is 0 Å². The molecule has 0 fully saturated rings. The molecule has 0 radical (unpaired) electrons. The molecule has 1 aliphatic rings. The number of benzene rings is 3. The van der Waals surface area contributed by atoms with Crippen LogP contribution in [0.25, 0.3) is 22.4 Å². The Labute approximate surface area is 255 Å². The smallest absolute Gasteiger partial charge is 0.0963 e. The fourth-order valence-electron chi connectivity index (χ4n) is 6.90. The summed E-state index contributed by atoms with van der Waals surface area (Å²) in [6, 6.07) is 25.7. The Balaban J connectivity index is 1.44. The number of nitrogens with zero attached hydrogens (tertiary/aromatic N) is 3. The van der Waals surface area contributed by atoms with Crippen molar-refractivity contribution in [2.45, 2.75) is 97.7 Å². The molecular weight excluding hydrogens is 527 g/mol. The Morgan fingerprint density at radius 3 is 1.90 bits per heavy atom. The molecule has 3 aromatic carbocycles. The Morgan fingerprint density at radius 2 is 1.31 bits per heavy atom. The molecule has 4 aromatic rings. The maximum Gasteiger partial charge on any atom is 0.0963 e. The summed E-state index contributed by atoms with van der Waals surface area (Å²) < 4.78 is 0. The third-order valence-electron chi connectivity index (χ3n) is 9.76. The van der Waals surface area contributed by atoms with Crippen molar-refractivity contribution in [3.05, 3.63) is 95.2 Å². The number of hydrogen-bond donors (Lipinski definition) is 0. The molecule has 0 amide bonds. The van der Waals surface area contributed by atoms with Gasteiger partial charge in [0.25, 0.3) is 0 Å². The van der Waals surface area contributed by atoms with Crippen LogP contribution in [0.4, 0.5) is 0 Å². The first-order chi connectivity index (χ1) is 20.1. The lowest BCUT2D eigenvalue weighted by Gasteiger charge is -2.37. The standard InChI is InChI=1S/C38H49N3Si/c1-8-27(3)25-38(26-28(4)9-2)35-23-30(15-19-33(35)34-20-18-32(24-36(34)38)42(5,6)7)12-10-11-29-13-16-31(17-14-29)37-21-22-39-41-40-37/h13-24,27-28H,8-12,25-26H2,1-7H3. The Morgan fingerprint density at radius 1 is 0.714 bits per heavy atom. The molecule has 3 nitrogen and oxygen atoms in total. The van der Waals surface area contributed by atoms with Gasteiger partial charge in [0.15, 0.2) is 0 Å². The molecule has 0 aliphatic heterocycles. The quantitative estimate of drug-likeness (QED) is 0.158. The van der Waals surface area contributed by atoms with E-state index in [1.165, 1.54) is 47.9 Å². The molecule has 2 atom stereocenters. The highest BCUT2D eigenvalue weighted by molar-refractivity contribution is 6.88. The van der Waals surface area contributed by atoms with Crippen LogP contribution in [0, 0.1) is 11.8 Å². The summed E-state index contributed by atoms with van der Waals surface area (Å²) >= 11 is 0. The van der Waals surface area contributed by atoms with Crippen molar-refractivity contribution < 1.29 is 0 Å². The summed E-state index contributed by atoms with van der Waals surface area (Å²) in [6.45, 7) is 17.1. The normalized spacial score (nSPS) is 17.5. The lowest BCUT2D eigenvalue weighted by atomic mass is 9.66. The van der Waals surface area contributed by atoms with E-state index in [0.717, 1.165) is 30.5 Å². The van der Waals surface area contributed by atoms with E-state index in [9.17, 15) is 0 Å². The summed E-state index contributed by atoms with van der Waals surface area (Å²) in [5.74, 6) is 1.38. The predicted molar refractivity (Wildman–Crippen MR) is 181 cm³/mol. The van der Waals surface area contributed by atoms with Crippen molar-refractivity contribution in [2.75, 3.05) is 0 Å². The van der Waals surface area contributed by atoms with E-state index in [0.29, 0.717) is 11.8 Å². The van der Waals surface area contributed by atoms with Crippen molar-refractivity contribution in [3.8, 4) is 22.4 Å². The Hall–Kier alpha value is -3.11. The van der Waals surface area contributed by atoms with Gasteiger partial charge >= 0.3 is 0 Å². The van der Waals surface area contributed by atoms with Gasteiger partial charge in [-0.15, -0.1) is 10.2 Å². The minimum atomic E-state index is -1.43. The van der Waals surface area contributed by atoms with Crippen LogP contribution in [-0.4, -0.2) is 23.5 Å². The van der Waals surface area contributed by atoms with Crippen LogP contribution in [0.5, 0.6) is 0 Å². The van der Waals surface area contributed by atoms with Crippen LogP contribution >= 0.6 is 0 Å². The van der Waals surface area contributed by atoms with Gasteiger partial charge in [0.2, 0.25) is 0 Å². The van der Waals surface area contributed by atoms with Crippen LogP contribution < -0.4 is 5.19 Å². The van der Waals surface area contributed by atoms with E-state index in [1.54, 1.807) is 22.5 Å². The number of fused-ring (bicyclic) bond motifs is 3. The Kier molecular flexibility index (Phi) is 9.13. The fraction of sp³-hybridized carbons (Fsp3) is 0.447. The van der Waals surface area contributed by atoms with Gasteiger partial charge in [-0.3, -0.25) is 0 Å². The van der Waals surface area contributed by atoms with E-state index in [-0.39, 0.29) is 5.41 Å². The van der Waals surface area contributed by atoms with Crippen LogP contribution in [0.15, 0.2) is 72.9 Å². The van der Waals surface area contributed by atoms with Crippen LogP contribution in [0.1, 0.15) is 82.1 Å². The van der Waals surface area contributed by atoms with Crippen molar-refractivity contribution in [1.29, 1.82) is 0 Å². The first kappa shape index (κ1) is 30.3. The van der Waals surface area contributed by atoms with Gasteiger partial charge in [-0.05, 0) is 88.6 Å². The number of rotatable bonds is 12. The topological polar surface area (TPSA) is 38.7 Å². The van der Waals surface area contributed by atoms with Crippen molar-refractivity contribution in [3.63, 3.8) is 0 Å². The molecule has 0 saturated heterocycles. The zero-order valence-electron chi connectivity index (χ0n) is 26.9. The molecule has 2 unspecified atom stereocenters. The van der Waals surface area contributed by atoms with E-state index in [4.69, 9.17) is 0 Å². The maximum atomic E-state index is 4.14. The van der Waals surface area contributed by atoms with Gasteiger partial charge in [-0.2, -0.15) is 0 Å². The summed E-state index contributed by atoms with van der Waals surface area (Å²) in [4.78, 5) is 0. The van der Waals surface area contributed by atoms with Crippen molar-refractivity contribution in [2.24, 2.45) is 11.8 Å². The third kappa shape index (κ3) is 6.29. The van der Waals surface area contributed by atoms with Gasteiger partial charge < -0.3 is 0 Å². The van der Waals surface area contributed by atoms with E-state index < -0.39 is 8.07 Å². The molecule has 1 aliphatic carbocycles. The lowest BCUT2D eigenvalue weighted by molar-refractivity contribution is 0.308. The fourth-order valence-corrected chi connectivity index (χ4v) is 8.06. The highest BCUT2D eigenvalue weighted by atomic mass is 28.3. The summed E-state index contributed by atoms with van der Waals surface area (Å²) in [6.07, 6.45) is 9.94. The van der Waals surface area contributed by atoms with E-state index in [1.807, 2.05) is 6.07 Å². The highest BCUT2D eigenvalue weighted by Gasteiger charge is 2.45. The summed E-state index contributed by atoms with van der Waals surface area (Å²) in [5.41, 5.74) is 11.1. The third-order valence-corrected chi connectivity index (χ3v) is 11.8. The molecule has 4 heteroatoms. The zero-order valence-corrected chi connectivity index (χ0v) is 27.9. The van der Waals surface area contributed by atoms with Gasteiger partial charge in [-0.25, -0.2) is 0 Å². The molecule has 5 rings (SSSR count). The van der Waals surface area contributed by atoms with Crippen LogP contribution in [0.2, 0.25) is 19.6 Å². The first-order valence-electron chi connectivity index (χ1n) is 16.2. The van der Waals surface area contributed by atoms with Crippen LogP contribution in [0.3, 0.4) is 0 Å². The van der Waals surface area contributed by atoms with Gasteiger partial charge in [0.1, 0.15) is 0 Å². The molecule has 1 heterocycles. The van der Waals surface area contributed by atoms with Crippen molar-refractivity contribution >= 4 is 13.3 Å². The molecule has 0 bridgehead atoms. The second-order valence-electron chi connectivity index (χ2n) is 14.0. The molecule has 0 N–H and O–H groups in total. The molecule has 42 heavy (non-hydrogen) atoms. The monoisotopic (exact) mass is 575 g/mol. The summed E-state index contributed by atoms with van der Waals surface area (Å²) in [7, 11) is -1.43. The predicted octanol–water partition coefficient (Wildman–Crippen LogP) is 9.40. The first-order valence-corrected chi connectivity index (χ1v) is 19.7. The minimum absolute atomic E-state index is 0.104. The average Bonchev–Trinajstić information content (AvgIpc) is 3.25. The van der Waals surface area contributed by atoms with E-state index in [2.05, 4.69) is 123 Å². The molecule has 220 valence electrons. The van der Waals surface area contributed by atoms with Crippen LogP contribution in [-0.2, 0) is 18.3 Å². The molecule has 1 aromatic heterocycles. The second-order valence-corrected chi connectivity index (χ2v) is 19.0. The zero-order chi connectivity index (χ0) is 29.9. The lowest BCUT2D eigenvalue weighted by Crippen LogP contribution is -2.39.